The first kappa shape index (κ1) is 21.5. The third-order valence-corrected chi connectivity index (χ3v) is 6.58. The first-order chi connectivity index (χ1) is 16.1. The summed E-state index contributed by atoms with van der Waals surface area (Å²) in [4.78, 5) is 12.7. The van der Waals surface area contributed by atoms with Gasteiger partial charge in [-0.25, -0.2) is 0 Å². The van der Waals surface area contributed by atoms with Gasteiger partial charge in [0.25, 0.3) is 0 Å². The molecule has 0 aliphatic carbocycles. The van der Waals surface area contributed by atoms with Crippen molar-refractivity contribution in [2.45, 2.75) is 11.7 Å². The molecule has 0 saturated heterocycles. The molecule has 0 fully saturated rings. The summed E-state index contributed by atoms with van der Waals surface area (Å²) in [5, 5.41) is 15.3. The number of allylic oxidation sites excluding steroid dienone is 1. The molecular formula is C25H19BrN4O2S. The lowest BCUT2D eigenvalue weighted by atomic mass is 10.1. The zero-order chi connectivity index (χ0) is 22.8. The van der Waals surface area contributed by atoms with E-state index in [1.807, 2.05) is 71.3 Å². The van der Waals surface area contributed by atoms with Gasteiger partial charge < -0.3 is 9.73 Å². The van der Waals surface area contributed by atoms with Crippen molar-refractivity contribution < 1.29 is 9.21 Å². The molecule has 0 bridgehead atoms. The molecule has 0 radical (unpaired) electrons. The third-order valence-electron chi connectivity index (χ3n) is 5.12. The highest BCUT2D eigenvalue weighted by Crippen LogP contribution is 2.31. The average Bonchev–Trinajstić information content (AvgIpc) is 3.41. The summed E-state index contributed by atoms with van der Waals surface area (Å²) < 4.78 is 8.86. The van der Waals surface area contributed by atoms with Gasteiger partial charge in [-0.2, -0.15) is 0 Å². The summed E-state index contributed by atoms with van der Waals surface area (Å²) in [5.41, 5.74) is 1.56. The number of furan rings is 1. The van der Waals surface area contributed by atoms with E-state index in [-0.39, 0.29) is 11.7 Å². The zero-order valence-corrected chi connectivity index (χ0v) is 19.9. The number of carbonyl (C=O) groups excluding carboxylic acids is 1. The van der Waals surface area contributed by atoms with E-state index in [4.69, 9.17) is 4.42 Å². The minimum atomic E-state index is -0.111. The standard InChI is InChI=1S/C25H19BrN4O2S/c1-2-12-30-24(22-14-17-13-18(26)10-11-21(17)32-22)28-29-25(30)33-15-23(31)27-20-9-5-7-16-6-3-4-8-19(16)20/h2-11,13-14H,1,12,15H2,(H,27,31). The van der Waals surface area contributed by atoms with Crippen LogP contribution in [0, 0.1) is 0 Å². The molecule has 0 atom stereocenters. The Bertz CT molecular complexity index is 1490. The Balaban J connectivity index is 1.35. The van der Waals surface area contributed by atoms with E-state index in [1.165, 1.54) is 11.8 Å². The minimum absolute atomic E-state index is 0.111. The van der Waals surface area contributed by atoms with Crippen molar-refractivity contribution in [2.24, 2.45) is 0 Å². The minimum Gasteiger partial charge on any atom is -0.453 e. The summed E-state index contributed by atoms with van der Waals surface area (Å²) >= 11 is 4.81. The Morgan fingerprint density at radius 2 is 1.94 bits per heavy atom. The second kappa shape index (κ2) is 9.25. The summed E-state index contributed by atoms with van der Waals surface area (Å²) in [6.45, 7) is 4.34. The van der Waals surface area contributed by atoms with Crippen LogP contribution >= 0.6 is 27.7 Å². The maximum Gasteiger partial charge on any atom is 0.234 e. The Morgan fingerprint density at radius 1 is 1.09 bits per heavy atom. The summed E-state index contributed by atoms with van der Waals surface area (Å²) in [7, 11) is 0. The number of aromatic nitrogens is 3. The topological polar surface area (TPSA) is 73.0 Å². The van der Waals surface area contributed by atoms with Crippen molar-refractivity contribution >= 4 is 61.0 Å². The van der Waals surface area contributed by atoms with Crippen molar-refractivity contribution in [3.63, 3.8) is 0 Å². The van der Waals surface area contributed by atoms with Gasteiger partial charge in [0, 0.05) is 27.5 Å². The van der Waals surface area contributed by atoms with Crippen LogP contribution in [0.4, 0.5) is 5.69 Å². The molecule has 0 saturated carbocycles. The van der Waals surface area contributed by atoms with Gasteiger partial charge >= 0.3 is 0 Å². The summed E-state index contributed by atoms with van der Waals surface area (Å²) in [6.07, 6.45) is 1.77. The average molecular weight is 519 g/mol. The van der Waals surface area contributed by atoms with E-state index < -0.39 is 0 Å². The molecule has 164 valence electrons. The van der Waals surface area contributed by atoms with Crippen LogP contribution in [-0.4, -0.2) is 26.4 Å². The molecule has 2 heterocycles. The quantitative estimate of drug-likeness (QED) is 0.196. The van der Waals surface area contributed by atoms with Gasteiger partial charge in [0.1, 0.15) is 5.58 Å². The van der Waals surface area contributed by atoms with Crippen LogP contribution < -0.4 is 5.32 Å². The summed E-state index contributed by atoms with van der Waals surface area (Å²) in [6, 6.07) is 21.6. The fraction of sp³-hybridized carbons (Fsp3) is 0.0800. The van der Waals surface area contributed by atoms with E-state index >= 15 is 0 Å². The number of rotatable bonds is 7. The molecule has 0 spiro atoms. The number of benzene rings is 3. The SMILES string of the molecule is C=CCn1c(SCC(=O)Nc2cccc3ccccc23)nnc1-c1cc2cc(Br)ccc2o1. The fourth-order valence-electron chi connectivity index (χ4n) is 3.65. The van der Waals surface area contributed by atoms with E-state index in [9.17, 15) is 4.79 Å². The smallest absolute Gasteiger partial charge is 0.234 e. The molecule has 8 heteroatoms. The molecule has 33 heavy (non-hydrogen) atoms. The molecule has 2 aromatic heterocycles. The number of amides is 1. The number of nitrogens with one attached hydrogen (secondary N) is 1. The van der Waals surface area contributed by atoms with Crippen molar-refractivity contribution in [2.75, 3.05) is 11.1 Å². The molecule has 0 unspecified atom stereocenters. The first-order valence-electron chi connectivity index (χ1n) is 10.3. The molecule has 5 rings (SSSR count). The van der Waals surface area contributed by atoms with Gasteiger partial charge in [0.05, 0.1) is 5.75 Å². The molecule has 0 aliphatic heterocycles. The first-order valence-corrected chi connectivity index (χ1v) is 12.0. The molecular weight excluding hydrogens is 500 g/mol. The van der Waals surface area contributed by atoms with Gasteiger partial charge in [-0.15, -0.1) is 16.8 Å². The molecule has 0 aliphatic rings. The lowest BCUT2D eigenvalue weighted by Crippen LogP contribution is -2.15. The number of nitrogens with zero attached hydrogens (tertiary/aromatic N) is 3. The van der Waals surface area contributed by atoms with Gasteiger partial charge in [0.15, 0.2) is 10.9 Å². The van der Waals surface area contributed by atoms with Crippen LogP contribution in [0.1, 0.15) is 0 Å². The van der Waals surface area contributed by atoms with Crippen molar-refractivity contribution in [1.29, 1.82) is 0 Å². The Kier molecular flexibility index (Phi) is 6.02. The zero-order valence-electron chi connectivity index (χ0n) is 17.5. The molecule has 6 nitrogen and oxygen atoms in total. The highest BCUT2D eigenvalue weighted by molar-refractivity contribution is 9.10. The number of carbonyl (C=O) groups is 1. The van der Waals surface area contributed by atoms with Crippen LogP contribution in [0.25, 0.3) is 33.3 Å². The monoisotopic (exact) mass is 518 g/mol. The van der Waals surface area contributed by atoms with Gasteiger partial charge in [-0.3, -0.25) is 9.36 Å². The van der Waals surface area contributed by atoms with E-state index in [0.29, 0.717) is 23.3 Å². The van der Waals surface area contributed by atoms with Crippen LogP contribution in [0.2, 0.25) is 0 Å². The van der Waals surface area contributed by atoms with Gasteiger partial charge in [-0.05, 0) is 35.7 Å². The predicted octanol–water partition coefficient (Wildman–Crippen LogP) is 6.52. The maximum absolute atomic E-state index is 12.7. The summed E-state index contributed by atoms with van der Waals surface area (Å²) in [5.74, 6) is 1.30. The number of anilines is 1. The van der Waals surface area contributed by atoms with Gasteiger partial charge in [-0.1, -0.05) is 70.2 Å². The van der Waals surface area contributed by atoms with Crippen LogP contribution in [0.3, 0.4) is 0 Å². The van der Waals surface area contributed by atoms with Crippen LogP contribution in [0.5, 0.6) is 0 Å². The van der Waals surface area contributed by atoms with E-state index in [2.05, 4.69) is 38.0 Å². The Labute approximate surface area is 202 Å². The number of fused-ring (bicyclic) bond motifs is 2. The van der Waals surface area contributed by atoms with Crippen molar-refractivity contribution in [3.05, 3.63) is 83.9 Å². The number of halogens is 1. The lowest BCUT2D eigenvalue weighted by molar-refractivity contribution is -0.113. The van der Waals surface area contributed by atoms with Crippen molar-refractivity contribution in [3.8, 4) is 11.6 Å². The fourth-order valence-corrected chi connectivity index (χ4v) is 4.77. The predicted molar refractivity (Wildman–Crippen MR) is 136 cm³/mol. The van der Waals surface area contributed by atoms with E-state index in [0.717, 1.165) is 31.9 Å². The largest absolute Gasteiger partial charge is 0.453 e. The van der Waals surface area contributed by atoms with Gasteiger partial charge in [0.2, 0.25) is 11.7 Å². The van der Waals surface area contributed by atoms with Crippen LogP contribution in [0.15, 0.2) is 93.4 Å². The Hall–Kier alpha value is -3.36. The number of hydrogen-bond acceptors (Lipinski definition) is 5. The number of hydrogen-bond donors (Lipinski definition) is 1. The highest BCUT2D eigenvalue weighted by Gasteiger charge is 2.18. The second-order valence-corrected chi connectivity index (χ2v) is 9.22. The molecule has 1 amide bonds. The second-order valence-electron chi connectivity index (χ2n) is 7.36. The Morgan fingerprint density at radius 3 is 2.82 bits per heavy atom. The third kappa shape index (κ3) is 4.44. The highest BCUT2D eigenvalue weighted by atomic mass is 79.9. The van der Waals surface area contributed by atoms with Crippen molar-refractivity contribution in [1.82, 2.24) is 14.8 Å². The van der Waals surface area contributed by atoms with Crippen LogP contribution in [-0.2, 0) is 11.3 Å². The molecule has 1 N–H and O–H groups in total. The number of thioether (sulfide) groups is 1. The van der Waals surface area contributed by atoms with E-state index in [1.54, 1.807) is 6.08 Å². The molecule has 5 aromatic rings. The lowest BCUT2D eigenvalue weighted by Gasteiger charge is -2.09. The normalized spacial score (nSPS) is 11.2. The maximum atomic E-state index is 12.7. The molecule has 3 aromatic carbocycles.